The highest BCUT2D eigenvalue weighted by Crippen LogP contribution is 2.32. The van der Waals surface area contributed by atoms with Gasteiger partial charge in [0, 0.05) is 0 Å². The van der Waals surface area contributed by atoms with Gasteiger partial charge in [-0.15, -0.1) is 0 Å². The van der Waals surface area contributed by atoms with E-state index in [2.05, 4.69) is 77.4 Å². The molecule has 0 saturated heterocycles. The van der Waals surface area contributed by atoms with Crippen LogP contribution in [0.15, 0.2) is 47.7 Å². The predicted molar refractivity (Wildman–Crippen MR) is 117 cm³/mol. The van der Waals surface area contributed by atoms with Gasteiger partial charge in [-0.3, -0.25) is 0 Å². The zero-order chi connectivity index (χ0) is 18.8. The number of allylic oxidation sites excluding steroid dienone is 4. The zero-order valence-corrected chi connectivity index (χ0v) is 19.1. The Morgan fingerprint density at radius 2 is 1.80 bits per heavy atom. The van der Waals surface area contributed by atoms with Gasteiger partial charge in [-0.2, -0.15) is 0 Å². The van der Waals surface area contributed by atoms with Crippen molar-refractivity contribution in [1.29, 1.82) is 0 Å². The van der Waals surface area contributed by atoms with Gasteiger partial charge < -0.3 is 4.74 Å². The first-order valence-electron chi connectivity index (χ1n) is 9.30. The van der Waals surface area contributed by atoms with Gasteiger partial charge in [0.2, 0.25) is 0 Å². The Morgan fingerprint density at radius 3 is 2.32 bits per heavy atom. The standard InChI is InChI=1S/C22H34OSi2/c1-9-12-23-22-19(13-18(3)15-21(22)24(4,5)6)16-25(7,8)20-11-10-17(2)14-20/h9-10,13-15H,1,11-12,16H2,2-8H3. The van der Waals surface area contributed by atoms with Crippen LogP contribution in [0, 0.1) is 6.92 Å². The number of hydrogen-bond acceptors (Lipinski definition) is 1. The summed E-state index contributed by atoms with van der Waals surface area (Å²) in [6.45, 7) is 21.1. The molecule has 0 heterocycles. The van der Waals surface area contributed by atoms with Gasteiger partial charge in [-0.1, -0.05) is 86.0 Å². The Morgan fingerprint density at radius 1 is 1.12 bits per heavy atom. The first-order valence-corrected chi connectivity index (χ1v) is 16.0. The lowest BCUT2D eigenvalue weighted by atomic mass is 10.1. The number of benzene rings is 1. The molecule has 0 spiro atoms. The molecule has 0 aromatic heterocycles. The van der Waals surface area contributed by atoms with E-state index in [1.807, 2.05) is 6.08 Å². The summed E-state index contributed by atoms with van der Waals surface area (Å²) in [6, 6.07) is 5.85. The van der Waals surface area contributed by atoms with Gasteiger partial charge in [-0.25, -0.2) is 0 Å². The molecule has 0 saturated carbocycles. The average molecular weight is 371 g/mol. The molecule has 0 bridgehead atoms. The molecule has 0 amide bonds. The molecule has 0 unspecified atom stereocenters. The zero-order valence-electron chi connectivity index (χ0n) is 17.1. The number of rotatable bonds is 7. The summed E-state index contributed by atoms with van der Waals surface area (Å²) in [6.07, 6.45) is 7.78. The van der Waals surface area contributed by atoms with E-state index in [1.165, 1.54) is 21.9 Å². The van der Waals surface area contributed by atoms with Crippen LogP contribution in [0.1, 0.15) is 24.5 Å². The van der Waals surface area contributed by atoms with Crippen molar-refractivity contribution in [3.63, 3.8) is 0 Å². The normalized spacial score (nSPS) is 15.0. The Labute approximate surface area is 156 Å². The van der Waals surface area contributed by atoms with Crippen LogP contribution in [0.25, 0.3) is 0 Å². The molecule has 3 heteroatoms. The highest BCUT2D eigenvalue weighted by molar-refractivity contribution is 6.89. The van der Waals surface area contributed by atoms with Gasteiger partial charge in [-0.05, 0) is 37.1 Å². The number of aryl methyl sites for hydroxylation is 1. The second kappa shape index (κ2) is 7.50. The van der Waals surface area contributed by atoms with Crippen molar-refractivity contribution in [2.24, 2.45) is 0 Å². The molecule has 1 aliphatic rings. The van der Waals surface area contributed by atoms with Crippen molar-refractivity contribution in [1.82, 2.24) is 0 Å². The second-order valence-electron chi connectivity index (χ2n) is 9.03. The molecule has 25 heavy (non-hydrogen) atoms. The van der Waals surface area contributed by atoms with Gasteiger partial charge in [0.15, 0.2) is 0 Å². The fourth-order valence-corrected chi connectivity index (χ4v) is 7.86. The molecule has 2 rings (SSSR count). The Balaban J connectivity index is 2.47. The lowest BCUT2D eigenvalue weighted by Gasteiger charge is -2.29. The largest absolute Gasteiger partial charge is 0.489 e. The van der Waals surface area contributed by atoms with Crippen molar-refractivity contribution < 1.29 is 4.74 Å². The van der Waals surface area contributed by atoms with Crippen LogP contribution < -0.4 is 9.92 Å². The van der Waals surface area contributed by atoms with Crippen LogP contribution in [-0.2, 0) is 6.04 Å². The van der Waals surface area contributed by atoms with E-state index >= 15 is 0 Å². The molecule has 0 fully saturated rings. The quantitative estimate of drug-likeness (QED) is 0.441. The molecule has 1 aromatic rings. The lowest BCUT2D eigenvalue weighted by molar-refractivity contribution is 0.363. The maximum Gasteiger partial charge on any atom is 0.121 e. The Bertz CT molecular complexity index is 718. The smallest absolute Gasteiger partial charge is 0.121 e. The van der Waals surface area contributed by atoms with E-state index in [1.54, 1.807) is 5.20 Å². The fourth-order valence-electron chi connectivity index (χ4n) is 3.57. The minimum atomic E-state index is -1.51. The maximum absolute atomic E-state index is 6.24. The van der Waals surface area contributed by atoms with Crippen LogP contribution in [0.3, 0.4) is 0 Å². The molecule has 136 valence electrons. The van der Waals surface area contributed by atoms with Gasteiger partial charge in [0.05, 0.1) is 16.1 Å². The molecule has 0 atom stereocenters. The molecule has 1 aliphatic carbocycles. The van der Waals surface area contributed by atoms with Crippen molar-refractivity contribution in [2.75, 3.05) is 6.61 Å². The number of hydrogen-bond donors (Lipinski definition) is 0. The Kier molecular flexibility index (Phi) is 6.00. The summed E-state index contributed by atoms with van der Waals surface area (Å²) in [5, 5.41) is 3.11. The maximum atomic E-state index is 6.24. The minimum absolute atomic E-state index is 0.582. The molecule has 0 N–H and O–H groups in total. The van der Waals surface area contributed by atoms with Crippen LogP contribution in [0.2, 0.25) is 32.7 Å². The van der Waals surface area contributed by atoms with Gasteiger partial charge in [0.1, 0.15) is 12.4 Å². The summed E-state index contributed by atoms with van der Waals surface area (Å²) in [5.41, 5.74) is 4.19. The summed E-state index contributed by atoms with van der Waals surface area (Å²) >= 11 is 0. The summed E-state index contributed by atoms with van der Waals surface area (Å²) in [5.74, 6) is 1.15. The van der Waals surface area contributed by atoms with E-state index in [-0.39, 0.29) is 0 Å². The third-order valence-corrected chi connectivity index (χ3v) is 10.4. The van der Waals surface area contributed by atoms with E-state index in [0.29, 0.717) is 6.61 Å². The van der Waals surface area contributed by atoms with Gasteiger partial charge >= 0.3 is 0 Å². The predicted octanol–water partition coefficient (Wildman–Crippen LogP) is 5.71. The molecule has 1 nitrogen and oxygen atoms in total. The van der Waals surface area contributed by atoms with E-state index in [0.717, 1.165) is 18.2 Å². The third kappa shape index (κ3) is 4.86. The summed E-state index contributed by atoms with van der Waals surface area (Å²) in [7, 11) is -2.99. The molecular weight excluding hydrogens is 336 g/mol. The first kappa shape index (κ1) is 20.0. The molecule has 0 radical (unpaired) electrons. The average Bonchev–Trinajstić information content (AvgIpc) is 2.92. The van der Waals surface area contributed by atoms with Crippen LogP contribution >= 0.6 is 0 Å². The monoisotopic (exact) mass is 370 g/mol. The topological polar surface area (TPSA) is 9.23 Å². The van der Waals surface area contributed by atoms with Gasteiger partial charge in [0.25, 0.3) is 0 Å². The minimum Gasteiger partial charge on any atom is -0.489 e. The lowest BCUT2D eigenvalue weighted by Crippen LogP contribution is -2.40. The summed E-state index contributed by atoms with van der Waals surface area (Å²) < 4.78 is 6.24. The molecule has 0 aliphatic heterocycles. The number of ether oxygens (including phenoxy) is 1. The SMILES string of the molecule is C=CCOc1c(C[Si](C)(C)C2=CC(C)=CC2)cc(C)cc1[Si](C)(C)C. The van der Waals surface area contributed by atoms with Crippen molar-refractivity contribution in [2.45, 2.75) is 59.0 Å². The first-order chi connectivity index (χ1) is 11.5. The Hall–Kier alpha value is -1.33. The fraction of sp³-hybridized carbons (Fsp3) is 0.455. The van der Waals surface area contributed by atoms with Crippen LogP contribution in [0.4, 0.5) is 0 Å². The third-order valence-electron chi connectivity index (χ3n) is 5.01. The van der Waals surface area contributed by atoms with Crippen LogP contribution in [-0.4, -0.2) is 22.8 Å². The van der Waals surface area contributed by atoms with E-state index in [4.69, 9.17) is 4.74 Å². The van der Waals surface area contributed by atoms with Crippen LogP contribution in [0.5, 0.6) is 5.75 Å². The second-order valence-corrected chi connectivity index (χ2v) is 18.8. The highest BCUT2D eigenvalue weighted by atomic mass is 28.3. The highest BCUT2D eigenvalue weighted by Gasteiger charge is 2.31. The van der Waals surface area contributed by atoms with Crippen molar-refractivity contribution in [3.8, 4) is 5.75 Å². The molecular formula is C22H34OSi2. The van der Waals surface area contributed by atoms with Crippen molar-refractivity contribution in [3.05, 3.63) is 58.8 Å². The van der Waals surface area contributed by atoms with E-state index < -0.39 is 16.1 Å². The van der Waals surface area contributed by atoms with E-state index in [9.17, 15) is 0 Å². The van der Waals surface area contributed by atoms with Crippen molar-refractivity contribution >= 4 is 21.3 Å². The molecule has 1 aromatic carbocycles. The summed E-state index contributed by atoms with van der Waals surface area (Å²) in [4.78, 5) is 0.